The van der Waals surface area contributed by atoms with E-state index in [2.05, 4.69) is 15.4 Å². The van der Waals surface area contributed by atoms with E-state index >= 15 is 0 Å². The first-order valence-electron chi connectivity index (χ1n) is 6.74. The summed E-state index contributed by atoms with van der Waals surface area (Å²) in [6.45, 7) is 2.73. The Balaban J connectivity index is 1.83. The lowest BCUT2D eigenvalue weighted by Crippen LogP contribution is -2.24. The number of nitrogens with zero attached hydrogens (tertiary/aromatic N) is 3. The minimum absolute atomic E-state index is 0.0488. The lowest BCUT2D eigenvalue weighted by Gasteiger charge is -2.21. The van der Waals surface area contributed by atoms with Crippen molar-refractivity contribution in [2.75, 3.05) is 11.9 Å². The summed E-state index contributed by atoms with van der Waals surface area (Å²) in [5.74, 6) is 0.628. The number of nitrogens with one attached hydrogen (secondary N) is 1. The van der Waals surface area contributed by atoms with Crippen LogP contribution in [0.15, 0.2) is 18.5 Å². The number of halogens is 2. The summed E-state index contributed by atoms with van der Waals surface area (Å²) in [5.41, 5.74) is 2.20. The zero-order valence-electron chi connectivity index (χ0n) is 11.8. The second kappa shape index (κ2) is 5.83. The van der Waals surface area contributed by atoms with Gasteiger partial charge in [-0.3, -0.25) is 4.68 Å². The molecule has 1 aliphatic rings. The number of rotatable bonds is 3. The van der Waals surface area contributed by atoms with Crippen LogP contribution in [0.1, 0.15) is 23.8 Å². The molecule has 7 heteroatoms. The molecule has 0 aliphatic carbocycles. The first-order chi connectivity index (χ1) is 10.1. The smallest absolute Gasteiger partial charge is 0.145 e. The number of aromatic nitrogens is 3. The average Bonchev–Trinajstić information content (AvgIpc) is 3.01. The predicted octanol–water partition coefficient (Wildman–Crippen LogP) is 3.37. The first kappa shape index (κ1) is 14.6. The van der Waals surface area contributed by atoms with E-state index < -0.39 is 0 Å². The van der Waals surface area contributed by atoms with Crippen LogP contribution >= 0.6 is 23.2 Å². The van der Waals surface area contributed by atoms with Crippen LogP contribution in [0.25, 0.3) is 0 Å². The SMILES string of the molecule is Cc1c([C@H]2OCC[C@@H]2Nc2ncc(Cl)cc2Cl)cnn1C. The molecule has 21 heavy (non-hydrogen) atoms. The molecule has 112 valence electrons. The van der Waals surface area contributed by atoms with Crippen LogP contribution in [0, 0.1) is 6.92 Å². The van der Waals surface area contributed by atoms with Crippen LogP contribution in [-0.4, -0.2) is 27.4 Å². The fourth-order valence-corrected chi connectivity index (χ4v) is 2.97. The van der Waals surface area contributed by atoms with Crippen molar-refractivity contribution < 1.29 is 4.74 Å². The number of ether oxygens (including phenoxy) is 1. The van der Waals surface area contributed by atoms with Gasteiger partial charge in [0, 0.05) is 31.1 Å². The van der Waals surface area contributed by atoms with E-state index in [0.29, 0.717) is 22.5 Å². The van der Waals surface area contributed by atoms with Gasteiger partial charge in [0.25, 0.3) is 0 Å². The average molecular weight is 327 g/mol. The molecule has 0 saturated carbocycles. The third-order valence-electron chi connectivity index (χ3n) is 3.80. The molecular formula is C14H16Cl2N4O. The quantitative estimate of drug-likeness (QED) is 0.939. The van der Waals surface area contributed by atoms with E-state index in [1.807, 2.05) is 24.9 Å². The van der Waals surface area contributed by atoms with Gasteiger partial charge in [-0.25, -0.2) is 4.98 Å². The topological polar surface area (TPSA) is 52.0 Å². The third-order valence-corrected chi connectivity index (χ3v) is 4.30. The highest BCUT2D eigenvalue weighted by molar-refractivity contribution is 6.35. The molecule has 0 unspecified atom stereocenters. The Morgan fingerprint density at radius 3 is 2.86 bits per heavy atom. The zero-order chi connectivity index (χ0) is 15.0. The van der Waals surface area contributed by atoms with Gasteiger partial charge in [0.1, 0.15) is 11.9 Å². The summed E-state index contributed by atoms with van der Waals surface area (Å²) in [4.78, 5) is 4.25. The van der Waals surface area contributed by atoms with Crippen LogP contribution in [0.5, 0.6) is 0 Å². The molecule has 0 amide bonds. The molecule has 0 aromatic carbocycles. The summed E-state index contributed by atoms with van der Waals surface area (Å²) in [6.07, 6.45) is 4.28. The summed E-state index contributed by atoms with van der Waals surface area (Å²) in [7, 11) is 1.92. The van der Waals surface area contributed by atoms with Crippen molar-refractivity contribution in [2.45, 2.75) is 25.5 Å². The Labute approximate surface area is 133 Å². The summed E-state index contributed by atoms with van der Waals surface area (Å²) in [6, 6.07) is 1.79. The van der Waals surface area contributed by atoms with E-state index in [9.17, 15) is 0 Å². The van der Waals surface area contributed by atoms with Gasteiger partial charge in [-0.15, -0.1) is 0 Å². The molecule has 0 radical (unpaired) electrons. The Morgan fingerprint density at radius 2 is 2.19 bits per heavy atom. The van der Waals surface area contributed by atoms with Gasteiger partial charge < -0.3 is 10.1 Å². The molecule has 1 N–H and O–H groups in total. The second-order valence-electron chi connectivity index (χ2n) is 5.12. The van der Waals surface area contributed by atoms with E-state index in [-0.39, 0.29) is 12.1 Å². The Morgan fingerprint density at radius 1 is 1.38 bits per heavy atom. The van der Waals surface area contributed by atoms with Crippen molar-refractivity contribution >= 4 is 29.0 Å². The molecule has 1 aliphatic heterocycles. The molecule has 1 saturated heterocycles. The molecule has 1 fully saturated rings. The molecule has 3 rings (SSSR count). The highest BCUT2D eigenvalue weighted by Gasteiger charge is 2.32. The van der Waals surface area contributed by atoms with Gasteiger partial charge in [0.2, 0.25) is 0 Å². The normalized spacial score (nSPS) is 21.7. The van der Waals surface area contributed by atoms with Crippen molar-refractivity contribution in [1.29, 1.82) is 0 Å². The van der Waals surface area contributed by atoms with E-state index in [1.54, 1.807) is 12.3 Å². The van der Waals surface area contributed by atoms with Crippen LogP contribution in [0.2, 0.25) is 10.0 Å². The zero-order valence-corrected chi connectivity index (χ0v) is 13.3. The van der Waals surface area contributed by atoms with Crippen LogP contribution in [0.4, 0.5) is 5.82 Å². The van der Waals surface area contributed by atoms with Crippen molar-refractivity contribution in [1.82, 2.24) is 14.8 Å². The lowest BCUT2D eigenvalue weighted by molar-refractivity contribution is 0.107. The second-order valence-corrected chi connectivity index (χ2v) is 5.97. The molecule has 0 spiro atoms. The minimum Gasteiger partial charge on any atom is -0.371 e. The molecule has 3 heterocycles. The predicted molar refractivity (Wildman–Crippen MR) is 82.9 cm³/mol. The fraction of sp³-hybridized carbons (Fsp3) is 0.429. The maximum atomic E-state index is 6.17. The molecule has 5 nitrogen and oxygen atoms in total. The Bertz CT molecular complexity index is 658. The van der Waals surface area contributed by atoms with Gasteiger partial charge in [0.05, 0.1) is 22.3 Å². The van der Waals surface area contributed by atoms with Gasteiger partial charge in [-0.2, -0.15) is 5.10 Å². The van der Waals surface area contributed by atoms with E-state index in [1.165, 1.54) is 0 Å². The number of aryl methyl sites for hydroxylation is 1. The maximum absolute atomic E-state index is 6.17. The standard InChI is InChI=1S/C14H16Cl2N4O/c1-8-10(7-18-20(8)2)13-12(3-4-21-13)19-14-11(16)5-9(15)6-17-14/h5-7,12-13H,3-4H2,1-2H3,(H,17,19)/t12-,13+/m0/s1. The molecule has 2 aromatic heterocycles. The summed E-state index contributed by atoms with van der Waals surface area (Å²) < 4.78 is 7.72. The van der Waals surface area contributed by atoms with Gasteiger partial charge in [0.15, 0.2) is 0 Å². The number of anilines is 1. The number of hydrogen-bond acceptors (Lipinski definition) is 4. The fourth-order valence-electron chi connectivity index (χ4n) is 2.54. The Kier molecular flexibility index (Phi) is 4.06. The van der Waals surface area contributed by atoms with Gasteiger partial charge >= 0.3 is 0 Å². The molecule has 2 aromatic rings. The van der Waals surface area contributed by atoms with Crippen LogP contribution < -0.4 is 5.32 Å². The maximum Gasteiger partial charge on any atom is 0.145 e. The number of hydrogen-bond donors (Lipinski definition) is 1. The lowest BCUT2D eigenvalue weighted by atomic mass is 10.0. The van der Waals surface area contributed by atoms with Crippen molar-refractivity contribution in [3.05, 3.63) is 39.8 Å². The largest absolute Gasteiger partial charge is 0.371 e. The summed E-state index contributed by atoms with van der Waals surface area (Å²) >= 11 is 12.0. The number of pyridine rings is 1. The van der Waals surface area contributed by atoms with E-state index in [0.717, 1.165) is 17.7 Å². The van der Waals surface area contributed by atoms with Crippen LogP contribution in [-0.2, 0) is 11.8 Å². The van der Waals surface area contributed by atoms with Crippen molar-refractivity contribution in [3.63, 3.8) is 0 Å². The van der Waals surface area contributed by atoms with Crippen LogP contribution in [0.3, 0.4) is 0 Å². The highest BCUT2D eigenvalue weighted by atomic mass is 35.5. The molecule has 0 bridgehead atoms. The molecule has 2 atom stereocenters. The minimum atomic E-state index is -0.0488. The first-order valence-corrected chi connectivity index (χ1v) is 7.49. The van der Waals surface area contributed by atoms with Gasteiger partial charge in [-0.1, -0.05) is 23.2 Å². The van der Waals surface area contributed by atoms with Gasteiger partial charge in [-0.05, 0) is 19.4 Å². The third kappa shape index (κ3) is 2.86. The van der Waals surface area contributed by atoms with Crippen molar-refractivity contribution in [2.24, 2.45) is 7.05 Å². The monoisotopic (exact) mass is 326 g/mol. The Hall–Kier alpha value is -1.30. The van der Waals surface area contributed by atoms with E-state index in [4.69, 9.17) is 27.9 Å². The summed E-state index contributed by atoms with van der Waals surface area (Å²) in [5, 5.41) is 8.67. The highest BCUT2D eigenvalue weighted by Crippen LogP contribution is 2.34. The van der Waals surface area contributed by atoms with Crippen molar-refractivity contribution in [3.8, 4) is 0 Å². The molecular weight excluding hydrogens is 311 g/mol.